The highest BCUT2D eigenvalue weighted by atomic mass is 16.3. The lowest BCUT2D eigenvalue weighted by atomic mass is 9.96. The lowest BCUT2D eigenvalue weighted by Gasteiger charge is -2.16. The fraction of sp³-hybridized carbons (Fsp3) is 0.417. The van der Waals surface area contributed by atoms with Crippen molar-refractivity contribution in [2.24, 2.45) is 0 Å². The first-order valence-electron chi connectivity index (χ1n) is 4.69. The van der Waals surface area contributed by atoms with E-state index >= 15 is 0 Å². The van der Waals surface area contributed by atoms with Gasteiger partial charge in [0, 0.05) is 6.42 Å². The average molecular weight is 192 g/mol. The fourth-order valence-electron chi connectivity index (χ4n) is 1.63. The van der Waals surface area contributed by atoms with Gasteiger partial charge in [0.15, 0.2) is 6.29 Å². The van der Waals surface area contributed by atoms with Crippen molar-refractivity contribution in [1.29, 1.82) is 0 Å². The molecule has 14 heavy (non-hydrogen) atoms. The topological polar surface area (TPSA) is 37.3 Å². The van der Waals surface area contributed by atoms with Crippen LogP contribution >= 0.6 is 0 Å². The maximum atomic E-state index is 10.6. The van der Waals surface area contributed by atoms with E-state index in [0.29, 0.717) is 12.7 Å². The second-order valence-electron chi connectivity index (χ2n) is 4.15. The van der Waals surface area contributed by atoms with Crippen molar-refractivity contribution in [3.63, 3.8) is 0 Å². The summed E-state index contributed by atoms with van der Waals surface area (Å²) >= 11 is 0. The fourth-order valence-corrected chi connectivity index (χ4v) is 1.63. The van der Waals surface area contributed by atoms with Crippen LogP contribution in [-0.4, -0.2) is 17.0 Å². The zero-order valence-corrected chi connectivity index (χ0v) is 8.87. The first kappa shape index (κ1) is 10.9. The molecule has 1 aromatic carbocycles. The van der Waals surface area contributed by atoms with Crippen molar-refractivity contribution in [3.05, 3.63) is 34.9 Å². The monoisotopic (exact) mass is 192 g/mol. The molecule has 0 aromatic heterocycles. The second-order valence-corrected chi connectivity index (χ2v) is 4.15. The number of aldehydes is 1. The Kier molecular flexibility index (Phi) is 3.06. The van der Waals surface area contributed by atoms with E-state index in [2.05, 4.69) is 6.07 Å². The minimum Gasteiger partial charge on any atom is -0.382 e. The van der Waals surface area contributed by atoms with E-state index in [-0.39, 0.29) is 0 Å². The highest BCUT2D eigenvalue weighted by Crippen LogP contribution is 2.14. The molecule has 0 radical (unpaired) electrons. The van der Waals surface area contributed by atoms with E-state index in [1.807, 2.05) is 26.0 Å². The molecule has 2 nitrogen and oxygen atoms in total. The van der Waals surface area contributed by atoms with Crippen LogP contribution in [0.1, 0.15) is 23.6 Å². The van der Waals surface area contributed by atoms with E-state index in [9.17, 15) is 9.90 Å². The van der Waals surface area contributed by atoms with Crippen LogP contribution in [0.2, 0.25) is 0 Å². The third kappa shape index (κ3) is 2.96. The van der Waals surface area contributed by atoms with Gasteiger partial charge in [-0.25, -0.2) is 0 Å². The summed E-state index contributed by atoms with van der Waals surface area (Å²) < 4.78 is 0. The summed E-state index contributed by atoms with van der Waals surface area (Å²) in [6, 6.07) is 6.05. The van der Waals surface area contributed by atoms with Crippen molar-refractivity contribution in [2.75, 3.05) is 0 Å². The molecule has 2 heteroatoms. The number of benzene rings is 1. The van der Waals surface area contributed by atoms with Gasteiger partial charge in [-0.05, 0) is 26.3 Å². The smallest absolute Gasteiger partial charge is 0.151 e. The van der Waals surface area contributed by atoms with Gasteiger partial charge in [-0.2, -0.15) is 0 Å². The number of hydrogen-bond donors (Lipinski definition) is 1. The quantitative estimate of drug-likeness (QED) is 0.741. The molecular formula is C12H16O2. The molecule has 0 saturated carbocycles. The Bertz CT molecular complexity index is 320. The number of rotatable bonds is 3. The molecule has 1 atom stereocenters. The number of hydrogen-bond acceptors (Lipinski definition) is 2. The lowest BCUT2D eigenvalue weighted by molar-refractivity contribution is -0.122. The van der Waals surface area contributed by atoms with Gasteiger partial charge in [-0.1, -0.05) is 29.3 Å². The van der Waals surface area contributed by atoms with Gasteiger partial charge in [-0.15, -0.1) is 0 Å². The molecule has 0 aliphatic heterocycles. The summed E-state index contributed by atoms with van der Waals surface area (Å²) in [6.45, 7) is 5.54. The number of aliphatic hydroxyl groups is 1. The van der Waals surface area contributed by atoms with Crippen molar-refractivity contribution in [3.8, 4) is 0 Å². The molecule has 1 aromatic rings. The molecular weight excluding hydrogens is 176 g/mol. The summed E-state index contributed by atoms with van der Waals surface area (Å²) in [5.74, 6) is 0. The Balaban J connectivity index is 2.92. The van der Waals surface area contributed by atoms with Crippen LogP contribution < -0.4 is 0 Å². The molecule has 0 bridgehead atoms. The predicted molar refractivity (Wildman–Crippen MR) is 56.3 cm³/mol. The molecule has 0 amide bonds. The minimum atomic E-state index is -1.25. The van der Waals surface area contributed by atoms with Gasteiger partial charge < -0.3 is 9.90 Å². The van der Waals surface area contributed by atoms with Crippen molar-refractivity contribution in [1.82, 2.24) is 0 Å². The maximum absolute atomic E-state index is 10.6. The van der Waals surface area contributed by atoms with Gasteiger partial charge in [0.25, 0.3) is 0 Å². The highest BCUT2D eigenvalue weighted by Gasteiger charge is 2.19. The Labute approximate surface area is 84.6 Å². The molecule has 0 saturated heterocycles. The Morgan fingerprint density at radius 1 is 1.29 bits per heavy atom. The van der Waals surface area contributed by atoms with Crippen LogP contribution in [0.3, 0.4) is 0 Å². The highest BCUT2D eigenvalue weighted by molar-refractivity contribution is 5.62. The van der Waals surface area contributed by atoms with Crippen LogP contribution in [0, 0.1) is 13.8 Å². The number of carbonyl (C=O) groups excluding carboxylic acids is 1. The first-order chi connectivity index (χ1) is 6.43. The third-order valence-electron chi connectivity index (χ3n) is 2.10. The molecule has 1 rings (SSSR count). The van der Waals surface area contributed by atoms with Gasteiger partial charge in [0.2, 0.25) is 0 Å². The summed E-state index contributed by atoms with van der Waals surface area (Å²) in [5, 5.41) is 9.59. The van der Waals surface area contributed by atoms with Crippen LogP contribution in [0.5, 0.6) is 0 Å². The molecule has 0 aliphatic rings. The van der Waals surface area contributed by atoms with E-state index in [4.69, 9.17) is 0 Å². The van der Waals surface area contributed by atoms with E-state index in [1.165, 1.54) is 6.92 Å². The number of aryl methyl sites for hydroxylation is 2. The molecule has 1 unspecified atom stereocenters. The Hall–Kier alpha value is -1.15. The Morgan fingerprint density at radius 2 is 1.79 bits per heavy atom. The first-order valence-corrected chi connectivity index (χ1v) is 4.69. The lowest BCUT2D eigenvalue weighted by Crippen LogP contribution is -2.28. The van der Waals surface area contributed by atoms with Crippen LogP contribution in [0.4, 0.5) is 0 Å². The van der Waals surface area contributed by atoms with E-state index < -0.39 is 5.60 Å². The van der Waals surface area contributed by atoms with Crippen molar-refractivity contribution >= 4 is 6.29 Å². The van der Waals surface area contributed by atoms with Crippen molar-refractivity contribution < 1.29 is 9.90 Å². The van der Waals surface area contributed by atoms with Crippen LogP contribution in [0.15, 0.2) is 18.2 Å². The van der Waals surface area contributed by atoms with E-state index in [1.54, 1.807) is 0 Å². The second kappa shape index (κ2) is 3.93. The third-order valence-corrected chi connectivity index (χ3v) is 2.10. The van der Waals surface area contributed by atoms with Gasteiger partial charge in [0.1, 0.15) is 5.60 Å². The molecule has 1 N–H and O–H groups in total. The van der Waals surface area contributed by atoms with Gasteiger partial charge in [-0.3, -0.25) is 0 Å². The minimum absolute atomic E-state index is 0.374. The maximum Gasteiger partial charge on any atom is 0.151 e. The number of carbonyl (C=O) groups is 1. The summed E-state index contributed by atoms with van der Waals surface area (Å²) in [7, 11) is 0. The predicted octanol–water partition coefficient (Wildman–Crippen LogP) is 1.80. The standard InChI is InChI=1S/C12H16O2/c1-9-4-10(2)6-11(5-9)7-12(3,14)8-13/h4-6,8,14H,7H2,1-3H3. The largest absolute Gasteiger partial charge is 0.382 e. The van der Waals surface area contributed by atoms with E-state index in [0.717, 1.165) is 16.7 Å². The van der Waals surface area contributed by atoms with Crippen LogP contribution in [0.25, 0.3) is 0 Å². The van der Waals surface area contributed by atoms with Gasteiger partial charge >= 0.3 is 0 Å². The summed E-state index contributed by atoms with van der Waals surface area (Å²) in [4.78, 5) is 10.6. The molecule has 0 heterocycles. The average Bonchev–Trinajstić information content (AvgIpc) is 2.01. The molecule has 76 valence electrons. The van der Waals surface area contributed by atoms with Crippen molar-refractivity contribution in [2.45, 2.75) is 32.8 Å². The summed E-state index contributed by atoms with van der Waals surface area (Å²) in [6.07, 6.45) is 0.962. The SMILES string of the molecule is Cc1cc(C)cc(CC(C)(O)C=O)c1. The molecule has 0 spiro atoms. The normalized spacial score (nSPS) is 14.9. The molecule has 0 aliphatic carbocycles. The Morgan fingerprint density at radius 3 is 2.21 bits per heavy atom. The molecule has 0 fully saturated rings. The summed E-state index contributed by atoms with van der Waals surface area (Å²) in [5.41, 5.74) is 2.06. The van der Waals surface area contributed by atoms with Crippen LogP contribution in [-0.2, 0) is 11.2 Å². The zero-order valence-electron chi connectivity index (χ0n) is 8.87. The van der Waals surface area contributed by atoms with Gasteiger partial charge in [0.05, 0.1) is 0 Å². The zero-order chi connectivity index (χ0) is 10.8.